The molecule has 2 rings (SSSR count). The van der Waals surface area contributed by atoms with Crippen molar-refractivity contribution in [2.24, 2.45) is 0 Å². The third-order valence-electron chi connectivity index (χ3n) is 2.45. The summed E-state index contributed by atoms with van der Waals surface area (Å²) in [5, 5.41) is 12.6. The molecular formula is C13H10BrN3O6S. The lowest BCUT2D eigenvalue weighted by Gasteiger charge is -2.06. The Labute approximate surface area is 147 Å². The minimum atomic E-state index is -0.724. The summed E-state index contributed by atoms with van der Waals surface area (Å²) in [5.41, 5.74) is 0. The summed E-state index contributed by atoms with van der Waals surface area (Å²) >= 11 is 3.97. The van der Waals surface area contributed by atoms with Gasteiger partial charge in [0.25, 0.3) is 5.91 Å². The summed E-state index contributed by atoms with van der Waals surface area (Å²) in [5.74, 6) is -0.899. The fourth-order valence-corrected chi connectivity index (χ4v) is 2.34. The number of aromatic nitrogens is 1. The second-order valence-electron chi connectivity index (χ2n) is 4.21. The van der Waals surface area contributed by atoms with E-state index in [1.165, 1.54) is 0 Å². The highest BCUT2D eigenvalue weighted by atomic mass is 79.9. The molecule has 0 radical (unpaired) electrons. The van der Waals surface area contributed by atoms with Gasteiger partial charge in [-0.2, -0.15) is 0 Å². The highest BCUT2D eigenvalue weighted by Gasteiger charge is 2.14. The van der Waals surface area contributed by atoms with Crippen molar-refractivity contribution in [1.82, 2.24) is 4.98 Å². The summed E-state index contributed by atoms with van der Waals surface area (Å²) in [6.45, 7) is -0.895. The van der Waals surface area contributed by atoms with E-state index in [-0.39, 0.29) is 16.7 Å². The van der Waals surface area contributed by atoms with Crippen molar-refractivity contribution in [1.29, 1.82) is 0 Å². The van der Waals surface area contributed by atoms with Gasteiger partial charge < -0.3 is 9.47 Å². The number of rotatable bonds is 7. The van der Waals surface area contributed by atoms with E-state index in [0.717, 1.165) is 10.7 Å². The van der Waals surface area contributed by atoms with E-state index >= 15 is 0 Å². The van der Waals surface area contributed by atoms with Crippen LogP contribution in [0.2, 0.25) is 0 Å². The molecule has 0 aliphatic carbocycles. The van der Waals surface area contributed by atoms with Crippen LogP contribution in [0.5, 0.6) is 5.75 Å². The van der Waals surface area contributed by atoms with E-state index in [9.17, 15) is 19.7 Å². The van der Waals surface area contributed by atoms with Gasteiger partial charge in [-0.25, -0.2) is 9.78 Å². The van der Waals surface area contributed by atoms with Gasteiger partial charge in [0, 0.05) is 4.47 Å². The molecule has 0 spiro atoms. The van der Waals surface area contributed by atoms with E-state index in [4.69, 9.17) is 9.47 Å². The molecule has 1 heterocycles. The first-order valence-electron chi connectivity index (χ1n) is 6.38. The van der Waals surface area contributed by atoms with Crippen molar-refractivity contribution in [3.63, 3.8) is 0 Å². The van der Waals surface area contributed by atoms with Crippen LogP contribution in [0.4, 0.5) is 10.1 Å². The molecule has 0 unspecified atom stereocenters. The van der Waals surface area contributed by atoms with Crippen LogP contribution in [0.25, 0.3) is 0 Å². The number of carbonyl (C=O) groups is 2. The molecule has 24 heavy (non-hydrogen) atoms. The van der Waals surface area contributed by atoms with Crippen LogP contribution in [0.15, 0.2) is 34.9 Å². The number of nitrogens with zero attached hydrogens (tertiary/aromatic N) is 2. The molecule has 1 aromatic heterocycles. The quantitative estimate of drug-likeness (QED) is 0.418. The van der Waals surface area contributed by atoms with Crippen LogP contribution in [0, 0.1) is 10.1 Å². The SMILES string of the molecule is O=C(COC(=O)COc1ccc(Br)cc1)Nc1ncc([N+](=O)[O-])s1. The molecule has 2 aromatic rings. The molecule has 0 aliphatic rings. The molecule has 0 saturated heterocycles. The zero-order chi connectivity index (χ0) is 17.5. The van der Waals surface area contributed by atoms with Crippen LogP contribution >= 0.6 is 27.3 Å². The second-order valence-corrected chi connectivity index (χ2v) is 6.14. The Kier molecular flexibility index (Phi) is 6.21. The van der Waals surface area contributed by atoms with E-state index < -0.39 is 23.4 Å². The van der Waals surface area contributed by atoms with Crippen molar-refractivity contribution >= 4 is 49.3 Å². The first-order chi connectivity index (χ1) is 11.4. The highest BCUT2D eigenvalue weighted by molar-refractivity contribution is 9.10. The number of amides is 1. The number of carbonyl (C=O) groups excluding carboxylic acids is 2. The van der Waals surface area contributed by atoms with Crippen molar-refractivity contribution in [2.75, 3.05) is 18.5 Å². The lowest BCUT2D eigenvalue weighted by Crippen LogP contribution is -2.23. The molecule has 1 amide bonds. The Morgan fingerprint density at radius 3 is 2.62 bits per heavy atom. The zero-order valence-corrected chi connectivity index (χ0v) is 14.3. The van der Waals surface area contributed by atoms with Gasteiger partial charge in [0.2, 0.25) is 0 Å². The maximum atomic E-state index is 11.6. The van der Waals surface area contributed by atoms with Gasteiger partial charge in [0.1, 0.15) is 11.9 Å². The number of ether oxygens (including phenoxy) is 2. The number of nitro groups is 1. The van der Waals surface area contributed by atoms with Crippen molar-refractivity contribution in [2.45, 2.75) is 0 Å². The smallest absolute Gasteiger partial charge is 0.345 e. The van der Waals surface area contributed by atoms with Crippen molar-refractivity contribution in [3.8, 4) is 5.75 Å². The lowest BCUT2D eigenvalue weighted by molar-refractivity contribution is -0.380. The number of halogens is 1. The Morgan fingerprint density at radius 1 is 1.29 bits per heavy atom. The summed E-state index contributed by atoms with van der Waals surface area (Å²) in [6.07, 6.45) is 1.03. The zero-order valence-electron chi connectivity index (χ0n) is 11.9. The molecule has 0 bridgehead atoms. The average Bonchev–Trinajstić information content (AvgIpc) is 3.01. The summed E-state index contributed by atoms with van der Waals surface area (Å²) in [6, 6.07) is 6.83. The Morgan fingerprint density at radius 2 is 2.00 bits per heavy atom. The van der Waals surface area contributed by atoms with Gasteiger partial charge in [-0.1, -0.05) is 15.9 Å². The molecule has 11 heteroatoms. The fourth-order valence-electron chi connectivity index (χ4n) is 1.42. The maximum absolute atomic E-state index is 11.6. The molecule has 9 nitrogen and oxygen atoms in total. The Bertz CT molecular complexity index is 748. The first kappa shape index (κ1) is 17.8. The van der Waals surface area contributed by atoms with E-state index in [1.807, 2.05) is 0 Å². The molecule has 0 fully saturated rings. The van der Waals surface area contributed by atoms with E-state index in [0.29, 0.717) is 17.1 Å². The molecule has 126 valence electrons. The Balaban J connectivity index is 1.71. The van der Waals surface area contributed by atoms with E-state index in [1.54, 1.807) is 24.3 Å². The largest absolute Gasteiger partial charge is 0.482 e. The summed E-state index contributed by atoms with van der Waals surface area (Å²) < 4.78 is 10.8. The van der Waals surface area contributed by atoms with Gasteiger partial charge in [0.15, 0.2) is 18.3 Å². The standard InChI is InChI=1S/C13H10BrN3O6S/c14-8-1-3-9(4-2-8)22-7-12(19)23-6-10(18)16-13-15-5-11(24-13)17(20)21/h1-5H,6-7H2,(H,15,16,18). The molecular weight excluding hydrogens is 406 g/mol. The Hall–Kier alpha value is -2.53. The minimum absolute atomic E-state index is 0.0499. The maximum Gasteiger partial charge on any atom is 0.345 e. The van der Waals surface area contributed by atoms with Gasteiger partial charge >= 0.3 is 11.0 Å². The van der Waals surface area contributed by atoms with Gasteiger partial charge in [0.05, 0.1) is 4.92 Å². The highest BCUT2D eigenvalue weighted by Crippen LogP contribution is 2.24. The first-order valence-corrected chi connectivity index (χ1v) is 7.99. The normalized spacial score (nSPS) is 10.0. The third-order valence-corrected chi connectivity index (χ3v) is 3.85. The molecule has 1 aromatic carbocycles. The topological polar surface area (TPSA) is 121 Å². The predicted octanol–water partition coefficient (Wildman–Crippen LogP) is 2.37. The second kappa shape index (κ2) is 8.36. The number of esters is 1. The fraction of sp³-hybridized carbons (Fsp3) is 0.154. The number of hydrogen-bond donors (Lipinski definition) is 1. The monoisotopic (exact) mass is 415 g/mol. The van der Waals surface area contributed by atoms with Crippen LogP contribution in [0.1, 0.15) is 0 Å². The number of anilines is 1. The lowest BCUT2D eigenvalue weighted by atomic mass is 10.3. The van der Waals surface area contributed by atoms with Crippen molar-refractivity contribution in [3.05, 3.63) is 45.0 Å². The molecule has 0 saturated carbocycles. The predicted molar refractivity (Wildman–Crippen MR) is 88.0 cm³/mol. The van der Waals surface area contributed by atoms with Gasteiger partial charge in [-0.15, -0.1) is 0 Å². The van der Waals surface area contributed by atoms with Crippen molar-refractivity contribution < 1.29 is 24.0 Å². The molecule has 0 atom stereocenters. The molecule has 0 aliphatic heterocycles. The van der Waals surface area contributed by atoms with E-state index in [2.05, 4.69) is 26.2 Å². The third kappa shape index (κ3) is 5.59. The van der Waals surface area contributed by atoms with Crippen LogP contribution in [0.3, 0.4) is 0 Å². The van der Waals surface area contributed by atoms with Gasteiger partial charge in [-0.05, 0) is 35.6 Å². The summed E-state index contributed by atoms with van der Waals surface area (Å²) in [4.78, 5) is 36.6. The van der Waals surface area contributed by atoms with Gasteiger partial charge in [-0.3, -0.25) is 20.2 Å². The number of thiazole rings is 1. The molecule has 1 N–H and O–H groups in total. The van der Waals surface area contributed by atoms with Crippen LogP contribution in [-0.4, -0.2) is 35.0 Å². The number of nitrogens with one attached hydrogen (secondary N) is 1. The van der Waals surface area contributed by atoms with Crippen LogP contribution < -0.4 is 10.1 Å². The summed E-state index contributed by atoms with van der Waals surface area (Å²) in [7, 11) is 0. The average molecular weight is 416 g/mol. The minimum Gasteiger partial charge on any atom is -0.482 e. The number of benzene rings is 1. The van der Waals surface area contributed by atoms with Crippen LogP contribution in [-0.2, 0) is 14.3 Å². The number of hydrogen-bond acceptors (Lipinski definition) is 8.